The highest BCUT2D eigenvalue weighted by atomic mass is 19.4. The molecule has 5 nitrogen and oxygen atoms in total. The van der Waals surface area contributed by atoms with Crippen LogP contribution in [0, 0.1) is 5.82 Å². The lowest BCUT2D eigenvalue weighted by molar-refractivity contribution is -0.275. The molecule has 0 saturated heterocycles. The normalized spacial score (nSPS) is 11.1. The van der Waals surface area contributed by atoms with Gasteiger partial charge in [0.2, 0.25) is 0 Å². The molecule has 2 aromatic rings. The molecule has 0 unspecified atom stereocenters. The monoisotopic (exact) mass is 384 g/mol. The summed E-state index contributed by atoms with van der Waals surface area (Å²) >= 11 is 0. The van der Waals surface area contributed by atoms with E-state index < -0.39 is 23.8 Å². The van der Waals surface area contributed by atoms with Crippen LogP contribution >= 0.6 is 0 Å². The number of hydrogen-bond donors (Lipinski definition) is 1. The third-order valence-electron chi connectivity index (χ3n) is 3.53. The number of hydrogen-bond acceptors (Lipinski definition) is 4. The average Bonchev–Trinajstić information content (AvgIpc) is 2.61. The molecule has 0 aliphatic rings. The molecule has 9 heteroatoms. The van der Waals surface area contributed by atoms with E-state index in [9.17, 15) is 27.2 Å². The maximum atomic E-state index is 13.4. The molecule has 0 saturated carbocycles. The number of pyridine rings is 1. The van der Waals surface area contributed by atoms with Crippen LogP contribution < -0.4 is 10.1 Å². The third kappa shape index (κ3) is 6.36. The number of benzene rings is 1. The number of amides is 1. The smallest absolute Gasteiger partial charge is 0.403 e. The Balaban J connectivity index is 2.04. The zero-order chi connectivity index (χ0) is 20.0. The van der Waals surface area contributed by atoms with Crippen LogP contribution in [0.2, 0.25) is 0 Å². The Hall–Kier alpha value is -2.97. The van der Waals surface area contributed by atoms with Gasteiger partial charge in [0, 0.05) is 36.8 Å². The lowest BCUT2D eigenvalue weighted by atomic mass is 10.1. The Morgan fingerprint density at radius 2 is 1.93 bits per heavy atom. The number of ketones is 1. The topological polar surface area (TPSA) is 68.3 Å². The summed E-state index contributed by atoms with van der Waals surface area (Å²) in [5.41, 5.74) is 0.911. The predicted octanol–water partition coefficient (Wildman–Crippen LogP) is 3.57. The van der Waals surface area contributed by atoms with Crippen molar-refractivity contribution in [3.05, 3.63) is 59.2 Å². The largest absolute Gasteiger partial charge is 0.573 e. The van der Waals surface area contributed by atoms with Gasteiger partial charge in [-0.25, -0.2) is 4.39 Å². The molecule has 0 radical (unpaired) electrons. The average molecular weight is 384 g/mol. The first-order valence-corrected chi connectivity index (χ1v) is 7.97. The molecule has 0 bridgehead atoms. The number of aromatic nitrogens is 1. The summed E-state index contributed by atoms with van der Waals surface area (Å²) in [5, 5.41) is 2.51. The Labute approximate surface area is 152 Å². The number of rotatable bonds is 7. The zero-order valence-electron chi connectivity index (χ0n) is 14.3. The lowest BCUT2D eigenvalue weighted by Crippen LogP contribution is -2.23. The van der Waals surface area contributed by atoms with E-state index in [1.807, 2.05) is 0 Å². The summed E-state index contributed by atoms with van der Waals surface area (Å²) in [5.74, 6) is -2.67. The van der Waals surface area contributed by atoms with Gasteiger partial charge in [0.25, 0.3) is 5.91 Å². The van der Waals surface area contributed by atoms with Crippen molar-refractivity contribution in [2.75, 3.05) is 0 Å². The summed E-state index contributed by atoms with van der Waals surface area (Å²) in [7, 11) is 0. The number of nitrogens with zero attached hydrogens (tertiary/aromatic N) is 1. The van der Waals surface area contributed by atoms with E-state index in [-0.39, 0.29) is 29.9 Å². The molecule has 0 aliphatic carbocycles. The molecule has 2 rings (SSSR count). The molecule has 0 fully saturated rings. The molecule has 0 atom stereocenters. The molecule has 0 aliphatic heterocycles. The first-order valence-electron chi connectivity index (χ1n) is 7.97. The molecule has 0 spiro atoms. The Kier molecular flexibility index (Phi) is 6.49. The number of Topliss-reactive ketones (excluding diaryl/α,β-unsaturated/α-hetero) is 1. The Morgan fingerprint density at radius 1 is 1.19 bits per heavy atom. The summed E-state index contributed by atoms with van der Waals surface area (Å²) < 4.78 is 53.8. The molecule has 1 N–H and O–H groups in total. The van der Waals surface area contributed by atoms with E-state index >= 15 is 0 Å². The van der Waals surface area contributed by atoms with E-state index in [4.69, 9.17) is 0 Å². The van der Waals surface area contributed by atoms with E-state index in [0.717, 1.165) is 12.1 Å². The fraction of sp³-hybridized carbons (Fsp3) is 0.278. The number of nitrogens with one attached hydrogen (secondary N) is 1. The van der Waals surface area contributed by atoms with Crippen molar-refractivity contribution in [2.24, 2.45) is 0 Å². The molecule has 1 heterocycles. The second kappa shape index (κ2) is 8.61. The van der Waals surface area contributed by atoms with Gasteiger partial charge in [-0.3, -0.25) is 14.6 Å². The summed E-state index contributed by atoms with van der Waals surface area (Å²) in [6, 6.07) is 5.82. The number of halogens is 4. The molecular weight excluding hydrogens is 368 g/mol. The van der Waals surface area contributed by atoms with Crippen LogP contribution in [-0.4, -0.2) is 23.0 Å². The van der Waals surface area contributed by atoms with Crippen LogP contribution in [0.1, 0.15) is 35.0 Å². The van der Waals surface area contributed by atoms with Gasteiger partial charge in [0.1, 0.15) is 5.78 Å². The minimum absolute atomic E-state index is 0.0245. The second-order valence-electron chi connectivity index (χ2n) is 5.60. The van der Waals surface area contributed by atoms with Gasteiger partial charge in [-0.15, -0.1) is 13.2 Å². The van der Waals surface area contributed by atoms with E-state index in [0.29, 0.717) is 12.1 Å². The zero-order valence-corrected chi connectivity index (χ0v) is 14.3. The van der Waals surface area contributed by atoms with Crippen molar-refractivity contribution in [2.45, 2.75) is 32.7 Å². The number of carbonyl (C=O) groups excluding carboxylic acids is 2. The molecule has 1 aromatic carbocycles. The fourth-order valence-electron chi connectivity index (χ4n) is 2.19. The minimum Gasteiger partial charge on any atom is -0.403 e. The van der Waals surface area contributed by atoms with Gasteiger partial charge >= 0.3 is 6.36 Å². The van der Waals surface area contributed by atoms with Gasteiger partial charge in [-0.2, -0.15) is 0 Å². The quantitative estimate of drug-likeness (QED) is 0.741. The minimum atomic E-state index is -5.02. The first kappa shape index (κ1) is 20.3. The second-order valence-corrected chi connectivity index (χ2v) is 5.60. The molecule has 1 aromatic heterocycles. The SMILES string of the molecule is CCC(=O)Cc1cc(C(=O)NCc2ccc(F)c(OC(F)(F)F)c2)ccn1. The van der Waals surface area contributed by atoms with Gasteiger partial charge in [0.05, 0.1) is 0 Å². The van der Waals surface area contributed by atoms with E-state index in [1.54, 1.807) is 6.92 Å². The first-order chi connectivity index (χ1) is 12.7. The standard InChI is InChI=1S/C18H16F4N2O3/c1-2-14(25)9-13-8-12(5-6-23-13)17(26)24-10-11-3-4-15(19)16(7-11)27-18(20,21)22/h3-8H,2,9-10H2,1H3,(H,24,26). The van der Waals surface area contributed by atoms with Gasteiger partial charge < -0.3 is 10.1 Å². The summed E-state index contributed by atoms with van der Waals surface area (Å²) in [4.78, 5) is 27.7. The molecule has 27 heavy (non-hydrogen) atoms. The van der Waals surface area contributed by atoms with Crippen LogP contribution in [0.5, 0.6) is 5.75 Å². The fourth-order valence-corrected chi connectivity index (χ4v) is 2.19. The van der Waals surface area contributed by atoms with Gasteiger partial charge in [0.15, 0.2) is 11.6 Å². The van der Waals surface area contributed by atoms with Gasteiger partial charge in [-0.1, -0.05) is 13.0 Å². The Morgan fingerprint density at radius 3 is 2.59 bits per heavy atom. The van der Waals surface area contributed by atoms with Crippen molar-refractivity contribution in [3.8, 4) is 5.75 Å². The van der Waals surface area contributed by atoms with Crippen LogP contribution in [0.25, 0.3) is 0 Å². The van der Waals surface area contributed by atoms with E-state index in [2.05, 4.69) is 15.0 Å². The predicted molar refractivity (Wildman–Crippen MR) is 87.5 cm³/mol. The molecule has 1 amide bonds. The molecular formula is C18H16F4N2O3. The van der Waals surface area contributed by atoms with Crippen LogP contribution in [0.3, 0.4) is 0 Å². The van der Waals surface area contributed by atoms with Crippen LogP contribution in [-0.2, 0) is 17.8 Å². The number of carbonyl (C=O) groups is 2. The van der Waals surface area contributed by atoms with E-state index in [1.165, 1.54) is 24.4 Å². The number of alkyl halides is 3. The van der Waals surface area contributed by atoms with Crippen molar-refractivity contribution >= 4 is 11.7 Å². The maximum absolute atomic E-state index is 13.4. The third-order valence-corrected chi connectivity index (χ3v) is 3.53. The van der Waals surface area contributed by atoms with Gasteiger partial charge in [-0.05, 0) is 29.8 Å². The summed E-state index contributed by atoms with van der Waals surface area (Å²) in [6.07, 6.45) is -3.18. The Bertz CT molecular complexity index is 838. The maximum Gasteiger partial charge on any atom is 0.573 e. The van der Waals surface area contributed by atoms with Crippen molar-refractivity contribution in [1.82, 2.24) is 10.3 Å². The molecule has 144 valence electrons. The van der Waals surface area contributed by atoms with Crippen molar-refractivity contribution in [3.63, 3.8) is 0 Å². The lowest BCUT2D eigenvalue weighted by Gasteiger charge is -2.11. The number of ether oxygens (including phenoxy) is 1. The van der Waals surface area contributed by atoms with Crippen LogP contribution in [0.15, 0.2) is 36.5 Å². The highest BCUT2D eigenvalue weighted by Crippen LogP contribution is 2.26. The van der Waals surface area contributed by atoms with Crippen molar-refractivity contribution in [1.29, 1.82) is 0 Å². The van der Waals surface area contributed by atoms with Crippen molar-refractivity contribution < 1.29 is 31.9 Å². The summed E-state index contributed by atoms with van der Waals surface area (Å²) in [6.45, 7) is 1.58. The van der Waals surface area contributed by atoms with Crippen LogP contribution in [0.4, 0.5) is 17.6 Å². The highest BCUT2D eigenvalue weighted by molar-refractivity contribution is 5.94. The highest BCUT2D eigenvalue weighted by Gasteiger charge is 2.32.